The minimum atomic E-state index is -1.06. The first-order valence-corrected chi connectivity index (χ1v) is 11.8. The number of halogens is 2. The summed E-state index contributed by atoms with van der Waals surface area (Å²) in [5, 5.41) is 3.14. The predicted molar refractivity (Wildman–Crippen MR) is 127 cm³/mol. The first-order chi connectivity index (χ1) is 16.9. The lowest BCUT2D eigenvalue weighted by molar-refractivity contribution is -0.128. The van der Waals surface area contributed by atoms with Crippen LogP contribution >= 0.6 is 11.6 Å². The second kappa shape index (κ2) is 10.7. The van der Waals surface area contributed by atoms with E-state index < -0.39 is 23.5 Å². The highest BCUT2D eigenvalue weighted by Crippen LogP contribution is 2.39. The number of rotatable bonds is 6. The Labute approximate surface area is 207 Å². The van der Waals surface area contributed by atoms with Gasteiger partial charge >= 0.3 is 0 Å². The SMILES string of the molecule is COCCNC(=O)C1COC2(CCN(C(=O)c3ccccc3Cl)CC2)N1C(=O)c1ccc(F)cc1. The van der Waals surface area contributed by atoms with Gasteiger partial charge in [0.1, 0.15) is 17.6 Å². The van der Waals surface area contributed by atoms with Crippen molar-refractivity contribution in [3.05, 3.63) is 70.5 Å². The molecule has 2 aliphatic rings. The molecule has 35 heavy (non-hydrogen) atoms. The average molecular weight is 504 g/mol. The van der Waals surface area contributed by atoms with Crippen LogP contribution in [0, 0.1) is 5.82 Å². The topological polar surface area (TPSA) is 88.2 Å². The molecule has 2 saturated heterocycles. The van der Waals surface area contributed by atoms with Crippen molar-refractivity contribution in [2.45, 2.75) is 24.6 Å². The maximum absolute atomic E-state index is 13.6. The predicted octanol–water partition coefficient (Wildman–Crippen LogP) is 2.72. The molecule has 4 rings (SSSR count). The van der Waals surface area contributed by atoms with Gasteiger partial charge in [-0.15, -0.1) is 0 Å². The summed E-state index contributed by atoms with van der Waals surface area (Å²) in [6.07, 6.45) is 0.635. The molecular weight excluding hydrogens is 477 g/mol. The Bertz CT molecular complexity index is 1090. The van der Waals surface area contributed by atoms with Crippen LogP contribution in [0.25, 0.3) is 0 Å². The summed E-state index contributed by atoms with van der Waals surface area (Å²) >= 11 is 6.20. The monoisotopic (exact) mass is 503 g/mol. The number of carbonyl (C=O) groups excluding carboxylic acids is 3. The normalized spacial score (nSPS) is 19.1. The summed E-state index contributed by atoms with van der Waals surface area (Å²) in [4.78, 5) is 42.7. The number of nitrogens with one attached hydrogen (secondary N) is 1. The molecular formula is C25H27ClFN3O5. The zero-order valence-electron chi connectivity index (χ0n) is 19.3. The number of methoxy groups -OCH3 is 1. The third kappa shape index (κ3) is 5.17. The van der Waals surface area contributed by atoms with Crippen LogP contribution in [0.5, 0.6) is 0 Å². The molecule has 3 amide bonds. The van der Waals surface area contributed by atoms with E-state index in [9.17, 15) is 18.8 Å². The third-order valence-corrected chi connectivity index (χ3v) is 6.74. The highest BCUT2D eigenvalue weighted by Gasteiger charge is 2.54. The summed E-state index contributed by atoms with van der Waals surface area (Å²) in [5.41, 5.74) is -0.404. The Hall–Kier alpha value is -3.01. The molecule has 0 radical (unpaired) electrons. The van der Waals surface area contributed by atoms with Crippen LogP contribution < -0.4 is 5.32 Å². The van der Waals surface area contributed by atoms with Gasteiger partial charge in [-0.2, -0.15) is 0 Å². The lowest BCUT2D eigenvalue weighted by Crippen LogP contribution is -2.60. The molecule has 0 aliphatic carbocycles. The summed E-state index contributed by atoms with van der Waals surface area (Å²) in [5.74, 6) is -1.45. The maximum atomic E-state index is 13.6. The van der Waals surface area contributed by atoms with Crippen LogP contribution in [-0.4, -0.2) is 79.2 Å². The molecule has 1 unspecified atom stereocenters. The van der Waals surface area contributed by atoms with E-state index in [1.165, 1.54) is 36.3 Å². The Morgan fingerprint density at radius 1 is 1.11 bits per heavy atom. The van der Waals surface area contributed by atoms with E-state index in [1.807, 2.05) is 0 Å². The molecule has 0 bridgehead atoms. The van der Waals surface area contributed by atoms with E-state index in [1.54, 1.807) is 29.2 Å². The number of piperidine rings is 1. The molecule has 1 atom stereocenters. The fourth-order valence-electron chi connectivity index (χ4n) is 4.56. The van der Waals surface area contributed by atoms with Gasteiger partial charge in [0, 0.05) is 45.1 Å². The number of nitrogens with zero attached hydrogens (tertiary/aromatic N) is 2. The maximum Gasteiger partial charge on any atom is 0.256 e. The molecule has 10 heteroatoms. The van der Waals surface area contributed by atoms with Crippen molar-refractivity contribution < 1.29 is 28.2 Å². The first kappa shape index (κ1) is 25.1. The Balaban J connectivity index is 1.56. The van der Waals surface area contributed by atoms with E-state index in [4.69, 9.17) is 21.1 Å². The highest BCUT2D eigenvalue weighted by atomic mass is 35.5. The number of hydrogen-bond donors (Lipinski definition) is 1. The molecule has 1 N–H and O–H groups in total. The number of likely N-dealkylation sites (tertiary alicyclic amines) is 1. The van der Waals surface area contributed by atoms with Crippen molar-refractivity contribution in [1.82, 2.24) is 15.1 Å². The zero-order chi connectivity index (χ0) is 25.0. The van der Waals surface area contributed by atoms with E-state index >= 15 is 0 Å². The zero-order valence-corrected chi connectivity index (χ0v) is 20.1. The van der Waals surface area contributed by atoms with Crippen LogP contribution in [0.3, 0.4) is 0 Å². The van der Waals surface area contributed by atoms with Crippen LogP contribution in [-0.2, 0) is 14.3 Å². The van der Waals surface area contributed by atoms with Crippen molar-refractivity contribution in [2.24, 2.45) is 0 Å². The van der Waals surface area contributed by atoms with Crippen molar-refractivity contribution >= 4 is 29.3 Å². The van der Waals surface area contributed by atoms with Crippen molar-refractivity contribution in [3.63, 3.8) is 0 Å². The number of benzene rings is 2. The van der Waals surface area contributed by atoms with E-state index in [2.05, 4.69) is 5.32 Å². The second-order valence-electron chi connectivity index (χ2n) is 8.51. The number of carbonyl (C=O) groups is 3. The molecule has 2 aromatic carbocycles. The van der Waals surface area contributed by atoms with Gasteiger partial charge in [0.25, 0.3) is 11.8 Å². The summed E-state index contributed by atoms with van der Waals surface area (Å²) in [6, 6.07) is 11.2. The Morgan fingerprint density at radius 2 is 1.80 bits per heavy atom. The lowest BCUT2D eigenvalue weighted by Gasteiger charge is -2.44. The Kier molecular flexibility index (Phi) is 7.69. The van der Waals surface area contributed by atoms with Gasteiger partial charge in [0.2, 0.25) is 5.91 Å². The Morgan fingerprint density at radius 3 is 2.46 bits per heavy atom. The van der Waals surface area contributed by atoms with Crippen LogP contribution in [0.4, 0.5) is 4.39 Å². The first-order valence-electron chi connectivity index (χ1n) is 11.4. The number of hydrogen-bond acceptors (Lipinski definition) is 5. The number of ether oxygens (including phenoxy) is 2. The smallest absolute Gasteiger partial charge is 0.256 e. The van der Waals surface area contributed by atoms with E-state index in [-0.39, 0.29) is 30.5 Å². The molecule has 2 fully saturated rings. The van der Waals surface area contributed by atoms with Gasteiger partial charge in [0.05, 0.1) is 23.8 Å². The van der Waals surface area contributed by atoms with Gasteiger partial charge in [-0.25, -0.2) is 4.39 Å². The van der Waals surface area contributed by atoms with Gasteiger partial charge < -0.3 is 19.7 Å². The van der Waals surface area contributed by atoms with Gasteiger partial charge in [-0.3, -0.25) is 19.3 Å². The number of amides is 3. The molecule has 186 valence electrons. The van der Waals surface area contributed by atoms with Gasteiger partial charge in [-0.1, -0.05) is 23.7 Å². The largest absolute Gasteiger partial charge is 0.383 e. The third-order valence-electron chi connectivity index (χ3n) is 6.41. The fourth-order valence-corrected chi connectivity index (χ4v) is 4.77. The fraction of sp³-hybridized carbons (Fsp3) is 0.400. The van der Waals surface area contributed by atoms with Gasteiger partial charge in [0.15, 0.2) is 0 Å². The molecule has 1 spiro atoms. The van der Waals surface area contributed by atoms with Gasteiger partial charge in [-0.05, 0) is 36.4 Å². The minimum absolute atomic E-state index is 0.0181. The molecule has 2 aromatic rings. The van der Waals surface area contributed by atoms with Crippen LogP contribution in [0.2, 0.25) is 5.02 Å². The standard InChI is InChI=1S/C25H27ClFN3O5/c1-34-15-12-28-22(31)21-16-35-25(30(21)23(32)17-6-8-18(27)9-7-17)10-13-29(14-11-25)24(33)19-4-2-3-5-20(19)26/h2-9,21H,10-16H2,1H3,(H,28,31). The van der Waals surface area contributed by atoms with E-state index in [0.717, 1.165) is 0 Å². The van der Waals surface area contributed by atoms with Crippen molar-refractivity contribution in [2.75, 3.05) is 40.0 Å². The van der Waals surface area contributed by atoms with Crippen LogP contribution in [0.15, 0.2) is 48.5 Å². The van der Waals surface area contributed by atoms with E-state index in [0.29, 0.717) is 43.1 Å². The average Bonchev–Trinajstić information content (AvgIpc) is 3.23. The molecule has 0 aromatic heterocycles. The summed E-state index contributed by atoms with van der Waals surface area (Å²) in [6.45, 7) is 1.27. The molecule has 0 saturated carbocycles. The molecule has 2 heterocycles. The second-order valence-corrected chi connectivity index (χ2v) is 8.92. The quantitative estimate of drug-likeness (QED) is 0.612. The van der Waals surface area contributed by atoms with Crippen molar-refractivity contribution in [3.8, 4) is 0 Å². The highest BCUT2D eigenvalue weighted by molar-refractivity contribution is 6.33. The minimum Gasteiger partial charge on any atom is -0.383 e. The van der Waals surface area contributed by atoms with Crippen molar-refractivity contribution in [1.29, 1.82) is 0 Å². The summed E-state index contributed by atoms with van der Waals surface area (Å²) < 4.78 is 24.6. The molecule has 2 aliphatic heterocycles. The molecule has 8 nitrogen and oxygen atoms in total. The lowest BCUT2D eigenvalue weighted by atomic mass is 9.96. The summed E-state index contributed by atoms with van der Waals surface area (Å²) in [7, 11) is 1.53. The van der Waals surface area contributed by atoms with Crippen LogP contribution in [0.1, 0.15) is 33.6 Å².